The first-order chi connectivity index (χ1) is 11.6. The fraction of sp³-hybridized carbons (Fsp3) is 0.579. The third kappa shape index (κ3) is 3.71. The summed E-state index contributed by atoms with van der Waals surface area (Å²) in [5, 5.41) is 3.44. The van der Waals surface area contributed by atoms with Crippen LogP contribution in [0.1, 0.15) is 54.4 Å². The summed E-state index contributed by atoms with van der Waals surface area (Å²) in [6.07, 6.45) is 8.15. The topological polar surface area (TPSA) is 70.7 Å². The molecule has 1 aliphatic carbocycles. The molecule has 130 valence electrons. The van der Waals surface area contributed by atoms with Crippen LogP contribution >= 0.6 is 0 Å². The van der Waals surface area contributed by atoms with Crippen LogP contribution in [-0.4, -0.2) is 36.9 Å². The first-order valence-electron chi connectivity index (χ1n) is 8.96. The molecule has 1 saturated carbocycles. The number of primary amides is 1. The molecule has 2 fully saturated rings. The summed E-state index contributed by atoms with van der Waals surface area (Å²) in [5.41, 5.74) is 7.46. The molecule has 1 spiro atoms. The Labute approximate surface area is 144 Å². The Bertz CT molecular complexity index is 620. The van der Waals surface area contributed by atoms with Crippen molar-refractivity contribution in [3.05, 3.63) is 35.4 Å². The standard InChI is InChI=1S/C19H28N4O/c1-21-18(22-13-15-6-5-7-16(12-15)17(20)24)23-11-10-19(14-23)8-3-2-4-9-19/h5-7,12H,2-4,8-11,13-14H2,1H3,(H2,20,24)(H,21,22). The first kappa shape index (κ1) is 16.8. The van der Waals surface area contributed by atoms with Gasteiger partial charge >= 0.3 is 0 Å². The zero-order chi connectivity index (χ0) is 17.0. The number of benzene rings is 1. The summed E-state index contributed by atoms with van der Waals surface area (Å²) in [4.78, 5) is 18.2. The molecule has 0 bridgehead atoms. The lowest BCUT2D eigenvalue weighted by atomic mass is 9.73. The smallest absolute Gasteiger partial charge is 0.248 e. The van der Waals surface area contributed by atoms with Gasteiger partial charge in [-0.3, -0.25) is 9.79 Å². The molecule has 5 nitrogen and oxygen atoms in total. The van der Waals surface area contributed by atoms with E-state index in [0.717, 1.165) is 24.6 Å². The minimum Gasteiger partial charge on any atom is -0.366 e. The maximum Gasteiger partial charge on any atom is 0.248 e. The van der Waals surface area contributed by atoms with Gasteiger partial charge in [0.05, 0.1) is 0 Å². The predicted molar refractivity (Wildman–Crippen MR) is 96.9 cm³/mol. The van der Waals surface area contributed by atoms with Gasteiger partial charge in [0.1, 0.15) is 0 Å². The Hall–Kier alpha value is -2.04. The minimum atomic E-state index is -0.389. The van der Waals surface area contributed by atoms with Crippen LogP contribution in [-0.2, 0) is 6.54 Å². The minimum absolute atomic E-state index is 0.389. The Morgan fingerprint density at radius 1 is 1.29 bits per heavy atom. The highest BCUT2D eigenvalue weighted by Gasteiger charge is 2.39. The van der Waals surface area contributed by atoms with Crippen LogP contribution in [0.15, 0.2) is 29.3 Å². The summed E-state index contributed by atoms with van der Waals surface area (Å²) in [7, 11) is 1.84. The van der Waals surface area contributed by atoms with Crippen molar-refractivity contribution in [3.8, 4) is 0 Å². The zero-order valence-corrected chi connectivity index (χ0v) is 14.6. The number of nitrogens with two attached hydrogens (primary N) is 1. The Morgan fingerprint density at radius 2 is 2.08 bits per heavy atom. The normalized spacial score (nSPS) is 20.4. The van der Waals surface area contributed by atoms with E-state index in [1.54, 1.807) is 6.07 Å². The monoisotopic (exact) mass is 328 g/mol. The number of aliphatic imine (C=N–C) groups is 1. The lowest BCUT2D eigenvalue weighted by Gasteiger charge is -2.33. The van der Waals surface area contributed by atoms with Gasteiger partial charge in [0.25, 0.3) is 0 Å². The second kappa shape index (κ2) is 7.24. The summed E-state index contributed by atoms with van der Waals surface area (Å²) in [6.45, 7) is 2.85. The molecule has 1 aromatic carbocycles. The highest BCUT2D eigenvalue weighted by molar-refractivity contribution is 5.92. The van der Waals surface area contributed by atoms with Gasteiger partial charge in [-0.15, -0.1) is 0 Å². The fourth-order valence-corrected chi connectivity index (χ4v) is 4.17. The zero-order valence-electron chi connectivity index (χ0n) is 14.6. The number of amides is 1. The van der Waals surface area contributed by atoms with Gasteiger partial charge in [0, 0.05) is 32.2 Å². The molecule has 1 heterocycles. The second-order valence-electron chi connectivity index (χ2n) is 7.20. The van der Waals surface area contributed by atoms with Crippen molar-refractivity contribution in [1.82, 2.24) is 10.2 Å². The number of guanidine groups is 1. The SMILES string of the molecule is CN=C(NCc1cccc(C(N)=O)c1)N1CCC2(CCCCC2)C1. The van der Waals surface area contributed by atoms with Crippen molar-refractivity contribution in [2.75, 3.05) is 20.1 Å². The van der Waals surface area contributed by atoms with E-state index in [2.05, 4.69) is 15.2 Å². The molecular weight excluding hydrogens is 300 g/mol. The van der Waals surface area contributed by atoms with Crippen LogP contribution in [0.5, 0.6) is 0 Å². The van der Waals surface area contributed by atoms with E-state index in [1.165, 1.54) is 38.5 Å². The summed E-state index contributed by atoms with van der Waals surface area (Å²) in [6, 6.07) is 7.45. The molecule has 1 aromatic rings. The second-order valence-corrected chi connectivity index (χ2v) is 7.20. The van der Waals surface area contributed by atoms with Crippen LogP contribution in [0.4, 0.5) is 0 Å². The van der Waals surface area contributed by atoms with Crippen LogP contribution in [0.3, 0.4) is 0 Å². The van der Waals surface area contributed by atoms with E-state index in [9.17, 15) is 4.79 Å². The molecule has 2 aliphatic rings. The lowest BCUT2D eigenvalue weighted by molar-refractivity contribution is 0.1000. The van der Waals surface area contributed by atoms with Crippen molar-refractivity contribution >= 4 is 11.9 Å². The molecule has 24 heavy (non-hydrogen) atoms. The van der Waals surface area contributed by atoms with Crippen molar-refractivity contribution in [2.45, 2.75) is 45.1 Å². The molecule has 0 aromatic heterocycles. The maximum atomic E-state index is 11.3. The van der Waals surface area contributed by atoms with Gasteiger partial charge in [-0.2, -0.15) is 0 Å². The molecule has 0 radical (unpaired) electrons. The average Bonchev–Trinajstić information content (AvgIpc) is 2.99. The van der Waals surface area contributed by atoms with E-state index < -0.39 is 0 Å². The van der Waals surface area contributed by atoms with Crippen molar-refractivity contribution < 1.29 is 4.79 Å². The van der Waals surface area contributed by atoms with E-state index in [-0.39, 0.29) is 5.91 Å². The summed E-state index contributed by atoms with van der Waals surface area (Å²) in [5.74, 6) is 0.571. The molecule has 5 heteroatoms. The third-order valence-corrected chi connectivity index (χ3v) is 5.53. The fourth-order valence-electron chi connectivity index (χ4n) is 4.17. The lowest BCUT2D eigenvalue weighted by Crippen LogP contribution is -2.41. The Morgan fingerprint density at radius 3 is 2.79 bits per heavy atom. The van der Waals surface area contributed by atoms with E-state index in [0.29, 0.717) is 17.5 Å². The maximum absolute atomic E-state index is 11.3. The molecule has 0 atom stereocenters. The first-order valence-corrected chi connectivity index (χ1v) is 8.96. The van der Waals surface area contributed by atoms with E-state index in [1.807, 2.05) is 25.2 Å². The van der Waals surface area contributed by atoms with Gasteiger partial charge in [-0.1, -0.05) is 31.4 Å². The summed E-state index contributed by atoms with van der Waals surface area (Å²) < 4.78 is 0. The molecule has 0 unspecified atom stereocenters. The molecule has 1 amide bonds. The van der Waals surface area contributed by atoms with E-state index in [4.69, 9.17) is 5.73 Å². The van der Waals surface area contributed by atoms with Gasteiger partial charge in [0.15, 0.2) is 5.96 Å². The number of likely N-dealkylation sites (tertiary alicyclic amines) is 1. The third-order valence-electron chi connectivity index (χ3n) is 5.53. The van der Waals surface area contributed by atoms with Crippen LogP contribution in [0.2, 0.25) is 0 Å². The van der Waals surface area contributed by atoms with Gasteiger partial charge < -0.3 is 16.0 Å². The number of carbonyl (C=O) groups excluding carboxylic acids is 1. The summed E-state index contributed by atoms with van der Waals surface area (Å²) >= 11 is 0. The molecule has 1 aliphatic heterocycles. The average molecular weight is 328 g/mol. The van der Waals surface area contributed by atoms with Crippen molar-refractivity contribution in [2.24, 2.45) is 16.1 Å². The number of nitrogens with one attached hydrogen (secondary N) is 1. The molecule has 3 rings (SSSR count). The predicted octanol–water partition coefficient (Wildman–Crippen LogP) is 2.52. The number of hydrogen-bond donors (Lipinski definition) is 2. The Balaban J connectivity index is 1.60. The molecular formula is C19H28N4O. The highest BCUT2D eigenvalue weighted by Crippen LogP contribution is 2.43. The quantitative estimate of drug-likeness (QED) is 0.661. The van der Waals surface area contributed by atoms with Crippen molar-refractivity contribution in [3.63, 3.8) is 0 Å². The molecule has 3 N–H and O–H groups in total. The van der Waals surface area contributed by atoms with Crippen LogP contribution in [0, 0.1) is 5.41 Å². The number of rotatable bonds is 3. The largest absolute Gasteiger partial charge is 0.366 e. The highest BCUT2D eigenvalue weighted by atomic mass is 16.1. The van der Waals surface area contributed by atoms with Crippen molar-refractivity contribution in [1.29, 1.82) is 0 Å². The van der Waals surface area contributed by atoms with Gasteiger partial charge in [0.2, 0.25) is 5.91 Å². The Kier molecular flexibility index (Phi) is 5.07. The number of nitrogens with zero attached hydrogens (tertiary/aromatic N) is 2. The van der Waals surface area contributed by atoms with Crippen LogP contribution in [0.25, 0.3) is 0 Å². The van der Waals surface area contributed by atoms with E-state index >= 15 is 0 Å². The number of hydrogen-bond acceptors (Lipinski definition) is 2. The van der Waals surface area contributed by atoms with Gasteiger partial charge in [-0.05, 0) is 42.4 Å². The van der Waals surface area contributed by atoms with Gasteiger partial charge in [-0.25, -0.2) is 0 Å². The molecule has 1 saturated heterocycles. The van der Waals surface area contributed by atoms with Crippen LogP contribution < -0.4 is 11.1 Å². The number of carbonyl (C=O) groups is 1.